The van der Waals surface area contributed by atoms with Crippen LogP contribution in [0.25, 0.3) is 11.2 Å². The number of imidazole rings is 1. The molecule has 0 bridgehead atoms. The van der Waals surface area contributed by atoms with Gasteiger partial charge in [-0.3, -0.25) is 23.5 Å². The SMILES string of the molecule is Cc1cn([C@H]2CN([P@@](=O)(OC[C@@H]3CNC[C@H](n4cnc5c(N)ccnc54)O3)N(C)C)C[C@@H](CO)O2)c(=O)[nH]c1=O. The molecule has 3 aromatic rings. The largest absolute Gasteiger partial charge is 0.397 e. The summed E-state index contributed by atoms with van der Waals surface area (Å²) in [5, 5.41) is 13.2. The summed E-state index contributed by atoms with van der Waals surface area (Å²) in [6, 6.07) is 1.68. The molecule has 0 radical (unpaired) electrons. The third-order valence-electron chi connectivity index (χ3n) is 6.92. The van der Waals surface area contributed by atoms with Gasteiger partial charge in [0.25, 0.3) is 5.56 Å². The molecule has 0 saturated carbocycles. The Hall–Kier alpha value is -2.95. The summed E-state index contributed by atoms with van der Waals surface area (Å²) in [6.45, 7) is 2.26. The molecule has 5 heterocycles. The second-order valence-corrected chi connectivity index (χ2v) is 12.6. The van der Waals surface area contributed by atoms with Crippen LogP contribution in [-0.4, -0.2) is 104 Å². The number of aliphatic hydroxyl groups excluding tert-OH is 1. The van der Waals surface area contributed by atoms with Crippen LogP contribution in [0.4, 0.5) is 5.69 Å². The number of anilines is 1. The minimum atomic E-state index is -3.67. The second-order valence-electron chi connectivity index (χ2n) is 9.97. The molecule has 2 aliphatic rings. The monoisotopic (exact) mass is 579 g/mol. The van der Waals surface area contributed by atoms with E-state index in [0.717, 1.165) is 0 Å². The smallest absolute Gasteiger partial charge is 0.345 e. The fourth-order valence-corrected chi connectivity index (χ4v) is 6.80. The zero-order valence-corrected chi connectivity index (χ0v) is 23.4. The standard InChI is InChI=1S/C23H34N9O7P/c1-14-8-31(23(35)28-22(14)34)19-10-30(9-16(11-33)39-19)40(36,29(2)3)37-12-15-6-25-7-18(38-15)32-13-27-20-17(24)4-5-26-21(20)32/h4-5,8,13,15-16,18-19,25,33H,6-7,9-12H2,1-3H3,(H2,24,26)(H,28,34,35)/t15-,16-,18+,19+,40-/m0/s1. The lowest BCUT2D eigenvalue weighted by atomic mass is 10.3. The lowest BCUT2D eigenvalue weighted by Crippen LogP contribution is -2.50. The number of nitrogen functional groups attached to an aromatic ring is 1. The van der Waals surface area contributed by atoms with Crippen LogP contribution in [0.15, 0.2) is 34.4 Å². The fourth-order valence-electron chi connectivity index (χ4n) is 4.80. The van der Waals surface area contributed by atoms with E-state index in [1.165, 1.54) is 15.4 Å². The molecule has 0 amide bonds. The van der Waals surface area contributed by atoms with E-state index in [0.29, 0.717) is 35.5 Å². The first-order chi connectivity index (χ1) is 19.1. The van der Waals surface area contributed by atoms with Crippen LogP contribution in [0.5, 0.6) is 0 Å². The Bertz CT molecular complexity index is 1520. The van der Waals surface area contributed by atoms with Crippen LogP contribution in [0, 0.1) is 6.92 Å². The average Bonchev–Trinajstić information content (AvgIpc) is 3.39. The third-order valence-corrected chi connectivity index (χ3v) is 9.46. The van der Waals surface area contributed by atoms with E-state index in [9.17, 15) is 19.3 Å². The quantitative estimate of drug-likeness (QED) is 0.243. The van der Waals surface area contributed by atoms with E-state index < -0.39 is 43.6 Å². The summed E-state index contributed by atoms with van der Waals surface area (Å²) in [6.07, 6.45) is 2.05. The maximum absolute atomic E-state index is 14.3. The average molecular weight is 580 g/mol. The molecular formula is C23H34N9O7P. The van der Waals surface area contributed by atoms with Crippen molar-refractivity contribution in [3.8, 4) is 0 Å². The maximum atomic E-state index is 14.3. The van der Waals surface area contributed by atoms with Crippen molar-refractivity contribution in [3.63, 3.8) is 0 Å². The Morgan fingerprint density at radius 2 is 1.95 bits per heavy atom. The summed E-state index contributed by atoms with van der Waals surface area (Å²) in [4.78, 5) is 35.4. The van der Waals surface area contributed by atoms with Crippen molar-refractivity contribution in [2.24, 2.45) is 0 Å². The number of fused-ring (bicyclic) bond motifs is 1. The van der Waals surface area contributed by atoms with Crippen molar-refractivity contribution < 1.29 is 23.7 Å². The molecule has 2 aliphatic heterocycles. The third kappa shape index (κ3) is 5.49. The molecule has 5 rings (SSSR count). The number of ether oxygens (including phenoxy) is 2. The van der Waals surface area contributed by atoms with E-state index in [4.69, 9.17) is 19.7 Å². The Labute approximate surface area is 229 Å². The number of aromatic amines is 1. The van der Waals surface area contributed by atoms with Crippen molar-refractivity contribution in [1.29, 1.82) is 0 Å². The highest BCUT2D eigenvalue weighted by Gasteiger charge is 2.43. The predicted octanol–water partition coefficient (Wildman–Crippen LogP) is -0.763. The highest BCUT2D eigenvalue weighted by Crippen LogP contribution is 2.54. The van der Waals surface area contributed by atoms with Crippen molar-refractivity contribution in [2.45, 2.75) is 31.6 Å². The molecule has 0 spiro atoms. The van der Waals surface area contributed by atoms with Crippen LogP contribution >= 0.6 is 7.67 Å². The number of hydrogen-bond acceptors (Lipinski definition) is 11. The zero-order valence-electron chi connectivity index (χ0n) is 22.5. The lowest BCUT2D eigenvalue weighted by Gasteiger charge is -2.43. The van der Waals surface area contributed by atoms with E-state index in [-0.39, 0.29) is 26.3 Å². The van der Waals surface area contributed by atoms with Gasteiger partial charge < -0.3 is 30.2 Å². The van der Waals surface area contributed by atoms with E-state index >= 15 is 0 Å². The van der Waals surface area contributed by atoms with E-state index in [2.05, 4.69) is 20.3 Å². The van der Waals surface area contributed by atoms with Gasteiger partial charge in [-0.05, 0) is 27.1 Å². The normalized spacial score (nSPS) is 25.8. The second kappa shape index (κ2) is 11.5. The zero-order chi connectivity index (χ0) is 28.6. The van der Waals surface area contributed by atoms with Crippen LogP contribution in [0.3, 0.4) is 0 Å². The molecule has 0 aliphatic carbocycles. The number of H-pyrrole nitrogens is 1. The van der Waals surface area contributed by atoms with E-state index in [1.54, 1.807) is 48.8 Å². The van der Waals surface area contributed by atoms with Crippen molar-refractivity contribution >= 4 is 24.5 Å². The van der Waals surface area contributed by atoms with Crippen LogP contribution < -0.4 is 22.3 Å². The molecule has 2 fully saturated rings. The van der Waals surface area contributed by atoms with Crippen LogP contribution in [0.2, 0.25) is 0 Å². The number of aromatic nitrogens is 5. The number of nitrogens with zero attached hydrogens (tertiary/aromatic N) is 6. The predicted molar refractivity (Wildman–Crippen MR) is 145 cm³/mol. The van der Waals surface area contributed by atoms with E-state index in [1.807, 2.05) is 0 Å². The van der Waals surface area contributed by atoms with Gasteiger partial charge in [0.2, 0.25) is 0 Å². The number of aryl methyl sites for hydroxylation is 1. The molecule has 3 aromatic heterocycles. The number of pyridine rings is 1. The molecule has 0 unspecified atom stereocenters. The summed E-state index contributed by atoms with van der Waals surface area (Å²) in [5.41, 5.74) is 6.85. The maximum Gasteiger partial charge on any atom is 0.345 e. The van der Waals surface area contributed by atoms with Gasteiger partial charge in [-0.2, -0.15) is 0 Å². The van der Waals surface area contributed by atoms with Gasteiger partial charge >= 0.3 is 13.4 Å². The number of hydrogen-bond donors (Lipinski definition) is 4. The van der Waals surface area contributed by atoms with Gasteiger partial charge in [0.15, 0.2) is 11.9 Å². The lowest BCUT2D eigenvalue weighted by molar-refractivity contribution is -0.124. The Morgan fingerprint density at radius 1 is 1.18 bits per heavy atom. The molecule has 17 heteroatoms. The number of rotatable bonds is 8. The van der Waals surface area contributed by atoms with Gasteiger partial charge in [0.1, 0.15) is 11.7 Å². The van der Waals surface area contributed by atoms with Gasteiger partial charge in [-0.15, -0.1) is 0 Å². The molecule has 5 atom stereocenters. The summed E-state index contributed by atoms with van der Waals surface area (Å²) in [7, 11) is -0.409. The van der Waals surface area contributed by atoms with Gasteiger partial charge in [0, 0.05) is 37.6 Å². The molecule has 2 saturated heterocycles. The van der Waals surface area contributed by atoms with Gasteiger partial charge in [-0.1, -0.05) is 0 Å². The number of morpholine rings is 2. The first-order valence-electron chi connectivity index (χ1n) is 12.8. The fraction of sp³-hybridized carbons (Fsp3) is 0.565. The topological polar surface area (TPSA) is 195 Å². The number of nitrogens with two attached hydrogens (primary N) is 1. The molecule has 5 N–H and O–H groups in total. The summed E-state index contributed by atoms with van der Waals surface area (Å²) in [5.74, 6) is 0. The minimum Gasteiger partial charge on any atom is -0.397 e. The highest BCUT2D eigenvalue weighted by atomic mass is 31.2. The van der Waals surface area contributed by atoms with Crippen molar-refractivity contribution in [1.82, 2.24) is 38.7 Å². The highest BCUT2D eigenvalue weighted by molar-refractivity contribution is 7.53. The van der Waals surface area contributed by atoms with Crippen LogP contribution in [-0.2, 0) is 18.6 Å². The summed E-state index contributed by atoms with van der Waals surface area (Å²) >= 11 is 0. The van der Waals surface area contributed by atoms with Gasteiger partial charge in [0.05, 0.1) is 44.0 Å². The first-order valence-corrected chi connectivity index (χ1v) is 14.3. The van der Waals surface area contributed by atoms with Crippen LogP contribution in [0.1, 0.15) is 18.0 Å². The Morgan fingerprint density at radius 3 is 2.70 bits per heavy atom. The number of nitrogens with one attached hydrogen (secondary N) is 2. The molecule has 16 nitrogen and oxygen atoms in total. The minimum absolute atomic E-state index is 0.00924. The molecule has 40 heavy (non-hydrogen) atoms. The Balaban J connectivity index is 1.33. The molecular weight excluding hydrogens is 545 g/mol. The first kappa shape index (κ1) is 28.6. The molecule has 218 valence electrons. The van der Waals surface area contributed by atoms with Crippen molar-refractivity contribution in [2.75, 3.05) is 59.2 Å². The van der Waals surface area contributed by atoms with Gasteiger partial charge in [-0.25, -0.2) is 24.1 Å². The molecule has 0 aromatic carbocycles. The Kier molecular flexibility index (Phi) is 8.22. The van der Waals surface area contributed by atoms with Crippen molar-refractivity contribution in [3.05, 3.63) is 51.2 Å². The number of aliphatic hydroxyl groups is 1. The summed E-state index contributed by atoms with van der Waals surface area (Å²) < 4.78 is 38.6.